The number of halogens is 1. The lowest BCUT2D eigenvalue weighted by atomic mass is 10.2. The summed E-state index contributed by atoms with van der Waals surface area (Å²) in [7, 11) is 1.64. The molecule has 0 bridgehead atoms. The van der Waals surface area contributed by atoms with E-state index >= 15 is 0 Å². The van der Waals surface area contributed by atoms with Crippen molar-refractivity contribution in [3.63, 3.8) is 0 Å². The maximum atomic E-state index is 6.45. The maximum Gasteiger partial charge on any atom is 0.180 e. The van der Waals surface area contributed by atoms with Gasteiger partial charge in [0.2, 0.25) is 0 Å². The Bertz CT molecular complexity index is 661. The number of ether oxygens (including phenoxy) is 2. The zero-order valence-electron chi connectivity index (χ0n) is 15.9. The molecule has 1 N–H and O–H groups in total. The molecule has 26 heavy (non-hydrogen) atoms. The van der Waals surface area contributed by atoms with E-state index < -0.39 is 0 Å². The largest absolute Gasteiger partial charge is 0.493 e. The molecule has 0 saturated heterocycles. The highest BCUT2D eigenvalue weighted by molar-refractivity contribution is 6.32. The molecule has 0 spiro atoms. The monoisotopic (exact) mass is 376 g/mol. The van der Waals surface area contributed by atoms with Crippen LogP contribution in [0.3, 0.4) is 0 Å². The van der Waals surface area contributed by atoms with Crippen LogP contribution < -0.4 is 14.8 Å². The van der Waals surface area contributed by atoms with Crippen LogP contribution >= 0.6 is 11.6 Å². The van der Waals surface area contributed by atoms with Gasteiger partial charge in [0.15, 0.2) is 11.5 Å². The van der Waals surface area contributed by atoms with Crippen LogP contribution in [0.5, 0.6) is 11.5 Å². The van der Waals surface area contributed by atoms with Gasteiger partial charge in [-0.3, -0.25) is 0 Å². The Balaban J connectivity index is 1.95. The topological polar surface area (TPSA) is 33.7 Å². The lowest BCUT2D eigenvalue weighted by Crippen LogP contribution is -2.31. The summed E-state index contributed by atoms with van der Waals surface area (Å²) in [6.07, 6.45) is 0. The number of hydrogen-bond donors (Lipinski definition) is 1. The summed E-state index contributed by atoms with van der Waals surface area (Å²) < 4.78 is 11.4. The summed E-state index contributed by atoms with van der Waals surface area (Å²) in [4.78, 5) is 2.39. The normalized spacial score (nSPS) is 11.0. The Morgan fingerprint density at radius 1 is 1.04 bits per heavy atom. The van der Waals surface area contributed by atoms with E-state index in [-0.39, 0.29) is 0 Å². The number of benzene rings is 2. The third-order valence-electron chi connectivity index (χ3n) is 4.34. The Morgan fingerprint density at radius 3 is 2.42 bits per heavy atom. The lowest BCUT2D eigenvalue weighted by Gasteiger charge is -2.18. The zero-order chi connectivity index (χ0) is 18.8. The molecule has 4 nitrogen and oxygen atoms in total. The molecule has 142 valence electrons. The van der Waals surface area contributed by atoms with Gasteiger partial charge in [0.05, 0.1) is 12.1 Å². The van der Waals surface area contributed by atoms with Crippen LogP contribution in [-0.4, -0.2) is 38.2 Å². The molecule has 0 amide bonds. The zero-order valence-corrected chi connectivity index (χ0v) is 16.7. The van der Waals surface area contributed by atoms with E-state index in [0.717, 1.165) is 43.9 Å². The molecule has 2 aromatic carbocycles. The van der Waals surface area contributed by atoms with E-state index in [4.69, 9.17) is 21.1 Å². The van der Waals surface area contributed by atoms with Crippen LogP contribution in [0.15, 0.2) is 42.5 Å². The predicted molar refractivity (Wildman–Crippen MR) is 108 cm³/mol. The molecule has 2 aromatic rings. The molecule has 0 atom stereocenters. The first kappa shape index (κ1) is 20.6. The summed E-state index contributed by atoms with van der Waals surface area (Å²) in [5.74, 6) is 1.25. The minimum atomic E-state index is 0.457. The SMILES string of the molecule is CCN(CC)CCNCc1cc(Cl)c(OCc2ccccc2)c(OC)c1. The third kappa shape index (κ3) is 6.20. The molecule has 0 radical (unpaired) electrons. The van der Waals surface area contributed by atoms with Crippen LogP contribution in [0.2, 0.25) is 5.02 Å². The van der Waals surface area contributed by atoms with Gasteiger partial charge in [-0.1, -0.05) is 55.8 Å². The Hall–Kier alpha value is -1.75. The molecular weight excluding hydrogens is 348 g/mol. The van der Waals surface area contributed by atoms with Crippen molar-refractivity contribution in [2.75, 3.05) is 33.3 Å². The Kier molecular flexibility index (Phi) is 8.75. The van der Waals surface area contributed by atoms with E-state index in [0.29, 0.717) is 23.1 Å². The molecule has 0 aliphatic rings. The van der Waals surface area contributed by atoms with Crippen molar-refractivity contribution in [1.29, 1.82) is 0 Å². The van der Waals surface area contributed by atoms with E-state index in [1.807, 2.05) is 42.5 Å². The number of likely N-dealkylation sites (N-methyl/N-ethyl adjacent to an activating group) is 1. The first-order valence-electron chi connectivity index (χ1n) is 9.14. The van der Waals surface area contributed by atoms with Crippen molar-refractivity contribution in [3.05, 3.63) is 58.6 Å². The van der Waals surface area contributed by atoms with Gasteiger partial charge >= 0.3 is 0 Å². The van der Waals surface area contributed by atoms with Gasteiger partial charge in [-0.25, -0.2) is 0 Å². The molecule has 2 rings (SSSR count). The highest BCUT2D eigenvalue weighted by Crippen LogP contribution is 2.37. The third-order valence-corrected chi connectivity index (χ3v) is 4.62. The summed E-state index contributed by atoms with van der Waals surface area (Å²) in [6.45, 7) is 9.69. The minimum Gasteiger partial charge on any atom is -0.493 e. The van der Waals surface area contributed by atoms with E-state index in [2.05, 4.69) is 24.1 Å². The molecule has 5 heteroatoms. The van der Waals surface area contributed by atoms with Crippen LogP contribution in [-0.2, 0) is 13.2 Å². The van der Waals surface area contributed by atoms with Gasteiger partial charge in [-0.05, 0) is 36.3 Å². The smallest absolute Gasteiger partial charge is 0.180 e. The average Bonchev–Trinajstić information content (AvgIpc) is 2.67. The number of nitrogens with zero attached hydrogens (tertiary/aromatic N) is 1. The van der Waals surface area contributed by atoms with Crippen LogP contribution in [0.25, 0.3) is 0 Å². The molecule has 0 aromatic heterocycles. The van der Waals surface area contributed by atoms with Crippen molar-refractivity contribution in [3.8, 4) is 11.5 Å². The molecule has 0 unspecified atom stereocenters. The van der Waals surface area contributed by atoms with Crippen LogP contribution in [0.1, 0.15) is 25.0 Å². The van der Waals surface area contributed by atoms with Crippen LogP contribution in [0.4, 0.5) is 0 Å². The van der Waals surface area contributed by atoms with Crippen LogP contribution in [0, 0.1) is 0 Å². The summed E-state index contributed by atoms with van der Waals surface area (Å²) in [5, 5.41) is 4.03. The highest BCUT2D eigenvalue weighted by atomic mass is 35.5. The van der Waals surface area contributed by atoms with Crippen molar-refractivity contribution in [1.82, 2.24) is 10.2 Å². The number of methoxy groups -OCH3 is 1. The van der Waals surface area contributed by atoms with Crippen molar-refractivity contribution in [2.24, 2.45) is 0 Å². The summed E-state index contributed by atoms with van der Waals surface area (Å²) >= 11 is 6.45. The second-order valence-electron chi connectivity index (χ2n) is 6.09. The van der Waals surface area contributed by atoms with Gasteiger partial charge in [0, 0.05) is 19.6 Å². The highest BCUT2D eigenvalue weighted by Gasteiger charge is 2.12. The van der Waals surface area contributed by atoms with Crippen molar-refractivity contribution < 1.29 is 9.47 Å². The van der Waals surface area contributed by atoms with Gasteiger partial charge in [0.1, 0.15) is 6.61 Å². The summed E-state index contributed by atoms with van der Waals surface area (Å²) in [5.41, 5.74) is 2.17. The van der Waals surface area contributed by atoms with Crippen molar-refractivity contribution in [2.45, 2.75) is 27.0 Å². The molecule has 0 fully saturated rings. The summed E-state index contributed by atoms with van der Waals surface area (Å²) in [6, 6.07) is 13.9. The van der Waals surface area contributed by atoms with Gasteiger partial charge in [-0.15, -0.1) is 0 Å². The number of nitrogens with one attached hydrogen (secondary N) is 1. The Labute approximate surface area is 162 Å². The number of hydrogen-bond acceptors (Lipinski definition) is 4. The second kappa shape index (κ2) is 11.1. The molecule has 0 saturated carbocycles. The standard InChI is InChI=1S/C21H29ClN2O2/c1-4-24(5-2)12-11-23-15-18-13-19(22)21(20(14-18)25-3)26-16-17-9-7-6-8-10-17/h6-10,13-14,23H,4-5,11-12,15-16H2,1-3H3. The van der Waals surface area contributed by atoms with Gasteiger partial charge in [0.25, 0.3) is 0 Å². The van der Waals surface area contributed by atoms with Gasteiger partial charge < -0.3 is 19.7 Å². The molecule has 0 heterocycles. The first-order chi connectivity index (χ1) is 12.7. The quantitative estimate of drug-likeness (QED) is 0.591. The first-order valence-corrected chi connectivity index (χ1v) is 9.51. The number of rotatable bonds is 11. The fourth-order valence-electron chi connectivity index (χ4n) is 2.75. The Morgan fingerprint density at radius 2 is 1.77 bits per heavy atom. The fraction of sp³-hybridized carbons (Fsp3) is 0.429. The van der Waals surface area contributed by atoms with Gasteiger partial charge in [-0.2, -0.15) is 0 Å². The second-order valence-corrected chi connectivity index (χ2v) is 6.49. The lowest BCUT2D eigenvalue weighted by molar-refractivity contribution is 0.284. The minimum absolute atomic E-state index is 0.457. The molecule has 0 aliphatic heterocycles. The van der Waals surface area contributed by atoms with E-state index in [1.165, 1.54) is 0 Å². The van der Waals surface area contributed by atoms with E-state index in [9.17, 15) is 0 Å². The maximum absolute atomic E-state index is 6.45. The fourth-order valence-corrected chi connectivity index (χ4v) is 3.04. The van der Waals surface area contributed by atoms with E-state index in [1.54, 1.807) is 7.11 Å². The molecule has 0 aliphatic carbocycles. The predicted octanol–water partition coefficient (Wildman–Crippen LogP) is 4.36. The average molecular weight is 377 g/mol. The molecular formula is C21H29ClN2O2. The van der Waals surface area contributed by atoms with Crippen molar-refractivity contribution >= 4 is 11.6 Å².